The Hall–Kier alpha value is -1.59. The van der Waals surface area contributed by atoms with E-state index in [9.17, 15) is 4.79 Å². The van der Waals surface area contributed by atoms with E-state index in [0.717, 1.165) is 23.0 Å². The van der Waals surface area contributed by atoms with Crippen LogP contribution in [-0.2, 0) is 17.9 Å². The second-order valence-corrected chi connectivity index (χ2v) is 7.38. The number of amides is 1. The molecule has 0 atom stereocenters. The molecule has 0 unspecified atom stereocenters. The van der Waals surface area contributed by atoms with Crippen molar-refractivity contribution >= 4 is 28.8 Å². The van der Waals surface area contributed by atoms with Gasteiger partial charge < -0.3 is 9.64 Å². The lowest BCUT2D eigenvalue weighted by Crippen LogP contribution is -2.33. The molecular weight excluding hydrogens is 344 g/mol. The second-order valence-electron chi connectivity index (χ2n) is 6.00. The Bertz CT molecular complexity index is 673. The highest BCUT2D eigenvalue weighted by molar-refractivity contribution is 7.09. The van der Waals surface area contributed by atoms with Gasteiger partial charge >= 0.3 is 0 Å². The molecule has 4 nitrogen and oxygen atoms in total. The van der Waals surface area contributed by atoms with Crippen LogP contribution in [-0.4, -0.2) is 22.3 Å². The van der Waals surface area contributed by atoms with E-state index >= 15 is 0 Å². The maximum Gasteiger partial charge on any atom is 0.222 e. The van der Waals surface area contributed by atoms with E-state index in [0.29, 0.717) is 30.5 Å². The van der Waals surface area contributed by atoms with Crippen LogP contribution in [0.25, 0.3) is 0 Å². The number of aromatic nitrogens is 1. The summed E-state index contributed by atoms with van der Waals surface area (Å²) in [5.41, 5.74) is 0.909. The number of hydrogen-bond donors (Lipinski definition) is 0. The van der Waals surface area contributed by atoms with E-state index in [2.05, 4.69) is 18.8 Å². The fourth-order valence-electron chi connectivity index (χ4n) is 2.30. The normalized spacial score (nSPS) is 10.9. The third-order valence-corrected chi connectivity index (χ3v) is 4.46. The Morgan fingerprint density at radius 1 is 1.42 bits per heavy atom. The number of thiazole rings is 1. The van der Waals surface area contributed by atoms with E-state index in [1.807, 2.05) is 35.4 Å². The van der Waals surface area contributed by atoms with Gasteiger partial charge in [0.1, 0.15) is 17.4 Å². The van der Waals surface area contributed by atoms with Gasteiger partial charge in [-0.1, -0.05) is 38.4 Å². The third-order valence-electron chi connectivity index (χ3n) is 3.35. The van der Waals surface area contributed by atoms with Crippen molar-refractivity contribution in [2.24, 2.45) is 5.92 Å². The molecule has 6 heteroatoms. The second kappa shape index (κ2) is 9.04. The van der Waals surface area contributed by atoms with E-state index in [-0.39, 0.29) is 5.91 Å². The van der Waals surface area contributed by atoms with Crippen molar-refractivity contribution < 1.29 is 9.53 Å². The summed E-state index contributed by atoms with van der Waals surface area (Å²) in [5, 5.41) is 3.53. The average Bonchev–Trinajstić information content (AvgIpc) is 2.99. The highest BCUT2D eigenvalue weighted by atomic mass is 35.5. The fourth-order valence-corrected chi connectivity index (χ4v) is 3.18. The van der Waals surface area contributed by atoms with Crippen molar-refractivity contribution in [3.63, 3.8) is 0 Å². The van der Waals surface area contributed by atoms with Gasteiger partial charge in [0.15, 0.2) is 0 Å². The highest BCUT2D eigenvalue weighted by Crippen LogP contribution is 2.20. The van der Waals surface area contributed by atoms with E-state index in [1.165, 1.54) is 0 Å². The van der Waals surface area contributed by atoms with Crippen molar-refractivity contribution in [2.45, 2.75) is 40.3 Å². The smallest absolute Gasteiger partial charge is 0.222 e. The van der Waals surface area contributed by atoms with Crippen LogP contribution in [0, 0.1) is 5.92 Å². The summed E-state index contributed by atoms with van der Waals surface area (Å²) in [6.45, 7) is 7.82. The Balaban J connectivity index is 1.95. The average molecular weight is 367 g/mol. The lowest BCUT2D eigenvalue weighted by Gasteiger charge is -2.23. The van der Waals surface area contributed by atoms with Crippen LogP contribution in [0.2, 0.25) is 5.02 Å². The van der Waals surface area contributed by atoms with Gasteiger partial charge in [-0.2, -0.15) is 0 Å². The van der Waals surface area contributed by atoms with Gasteiger partial charge in [-0.05, 0) is 24.1 Å². The van der Waals surface area contributed by atoms with E-state index < -0.39 is 0 Å². The Morgan fingerprint density at radius 2 is 2.21 bits per heavy atom. The molecule has 0 saturated heterocycles. The molecule has 0 N–H and O–H groups in total. The van der Waals surface area contributed by atoms with E-state index in [1.54, 1.807) is 17.4 Å². The monoisotopic (exact) mass is 366 g/mol. The molecule has 2 rings (SSSR count). The molecule has 0 aliphatic carbocycles. The van der Waals surface area contributed by atoms with Crippen molar-refractivity contribution in [3.05, 3.63) is 45.4 Å². The topological polar surface area (TPSA) is 42.4 Å². The van der Waals surface area contributed by atoms with Crippen LogP contribution in [0.1, 0.15) is 37.9 Å². The molecule has 1 aromatic heterocycles. The molecule has 0 fully saturated rings. The maximum absolute atomic E-state index is 12.1. The third kappa shape index (κ3) is 5.80. The summed E-state index contributed by atoms with van der Waals surface area (Å²) in [5.74, 6) is 1.32. The van der Waals surface area contributed by atoms with Gasteiger partial charge in [0.05, 0.1) is 12.2 Å². The van der Waals surface area contributed by atoms with Crippen LogP contribution >= 0.6 is 22.9 Å². The van der Waals surface area contributed by atoms with Crippen LogP contribution in [0.5, 0.6) is 5.75 Å². The Kier molecular flexibility index (Phi) is 7.06. The molecule has 1 aromatic carbocycles. The number of halogens is 1. The molecule has 130 valence electrons. The number of hydrogen-bond acceptors (Lipinski definition) is 4. The SMILES string of the molecule is CCC(=O)N(Cc1csc(COc2cccc(Cl)c2)n1)CC(C)C. The van der Waals surface area contributed by atoms with Crippen molar-refractivity contribution in [1.29, 1.82) is 0 Å². The molecule has 0 aliphatic heterocycles. The number of rotatable bonds is 8. The quantitative estimate of drug-likeness (QED) is 0.675. The summed E-state index contributed by atoms with van der Waals surface area (Å²) >= 11 is 7.49. The molecule has 1 amide bonds. The molecule has 0 radical (unpaired) electrons. The summed E-state index contributed by atoms with van der Waals surface area (Å²) in [4.78, 5) is 18.5. The predicted molar refractivity (Wildman–Crippen MR) is 98.4 cm³/mol. The van der Waals surface area contributed by atoms with Crippen LogP contribution in [0.4, 0.5) is 0 Å². The zero-order valence-electron chi connectivity index (χ0n) is 14.3. The van der Waals surface area contributed by atoms with E-state index in [4.69, 9.17) is 16.3 Å². The zero-order valence-corrected chi connectivity index (χ0v) is 15.9. The first-order valence-electron chi connectivity index (χ1n) is 8.07. The molecule has 24 heavy (non-hydrogen) atoms. The van der Waals surface area contributed by atoms with Gasteiger partial charge in [-0.15, -0.1) is 11.3 Å². The Labute approximate surface area is 152 Å². The summed E-state index contributed by atoms with van der Waals surface area (Å²) < 4.78 is 5.71. The molecule has 1 heterocycles. The minimum atomic E-state index is 0.161. The molecular formula is C18H23ClN2O2S. The van der Waals surface area contributed by atoms with Crippen molar-refractivity contribution in [3.8, 4) is 5.75 Å². The number of carbonyl (C=O) groups excluding carboxylic acids is 1. The lowest BCUT2D eigenvalue weighted by atomic mass is 10.2. The van der Waals surface area contributed by atoms with Gasteiger partial charge in [-0.25, -0.2) is 4.98 Å². The number of ether oxygens (including phenoxy) is 1. The highest BCUT2D eigenvalue weighted by Gasteiger charge is 2.15. The standard InChI is InChI=1S/C18H23ClN2O2S/c1-4-18(22)21(9-13(2)3)10-15-12-24-17(20-15)11-23-16-7-5-6-14(19)8-16/h5-8,12-13H,4,9-11H2,1-3H3. The minimum Gasteiger partial charge on any atom is -0.486 e. The van der Waals surface area contributed by atoms with Crippen LogP contribution < -0.4 is 4.74 Å². The van der Waals surface area contributed by atoms with Crippen LogP contribution in [0.3, 0.4) is 0 Å². The molecule has 2 aromatic rings. The van der Waals surface area contributed by atoms with Gasteiger partial charge in [0.2, 0.25) is 5.91 Å². The lowest BCUT2D eigenvalue weighted by molar-refractivity contribution is -0.132. The van der Waals surface area contributed by atoms with Crippen molar-refractivity contribution in [1.82, 2.24) is 9.88 Å². The first-order valence-corrected chi connectivity index (χ1v) is 9.33. The first kappa shape index (κ1) is 18.7. The molecule has 0 saturated carbocycles. The van der Waals surface area contributed by atoms with Gasteiger partial charge in [-0.3, -0.25) is 4.79 Å². The van der Waals surface area contributed by atoms with Gasteiger partial charge in [0.25, 0.3) is 0 Å². The maximum atomic E-state index is 12.1. The largest absolute Gasteiger partial charge is 0.486 e. The fraction of sp³-hybridized carbons (Fsp3) is 0.444. The molecule has 0 bridgehead atoms. The molecule has 0 spiro atoms. The summed E-state index contributed by atoms with van der Waals surface area (Å²) in [7, 11) is 0. The van der Waals surface area contributed by atoms with Crippen LogP contribution in [0.15, 0.2) is 29.6 Å². The first-order chi connectivity index (χ1) is 11.5. The van der Waals surface area contributed by atoms with Gasteiger partial charge in [0, 0.05) is 23.4 Å². The van der Waals surface area contributed by atoms with Crippen molar-refractivity contribution in [2.75, 3.05) is 6.54 Å². The Morgan fingerprint density at radius 3 is 2.88 bits per heavy atom. The minimum absolute atomic E-state index is 0.161. The number of nitrogens with zero attached hydrogens (tertiary/aromatic N) is 2. The molecule has 0 aliphatic rings. The zero-order chi connectivity index (χ0) is 17.5. The predicted octanol–water partition coefficient (Wildman–Crippen LogP) is 4.77. The summed E-state index contributed by atoms with van der Waals surface area (Å²) in [6.07, 6.45) is 0.515. The number of carbonyl (C=O) groups is 1. The summed E-state index contributed by atoms with van der Waals surface area (Å²) in [6, 6.07) is 7.31. The number of benzene rings is 1.